The van der Waals surface area contributed by atoms with Crippen LogP contribution in [0.2, 0.25) is 0 Å². The number of carbonyl (C=O) groups excluding carboxylic acids is 1. The molecule has 0 unspecified atom stereocenters. The standard InChI is InChI=1S/C13H21NO2/c1-3-6-11-13(7-4-5-8-13)9-10(14-11)12(15)16-2/h3,10-11,14H,1,4-9H2,2H3/t10-,11+/m0/s1. The van der Waals surface area contributed by atoms with E-state index in [1.165, 1.54) is 32.8 Å². The monoisotopic (exact) mass is 223 g/mol. The normalized spacial score (nSPS) is 31.8. The molecular formula is C13H21NO2. The number of nitrogens with one attached hydrogen (secondary N) is 1. The Kier molecular flexibility index (Phi) is 3.33. The molecule has 1 heterocycles. The summed E-state index contributed by atoms with van der Waals surface area (Å²) < 4.78 is 4.84. The van der Waals surface area contributed by atoms with Crippen LogP contribution in [0.5, 0.6) is 0 Å². The maximum Gasteiger partial charge on any atom is 0.322 e. The molecule has 0 radical (unpaired) electrons. The number of rotatable bonds is 3. The molecule has 1 aliphatic carbocycles. The van der Waals surface area contributed by atoms with E-state index in [0.717, 1.165) is 12.8 Å². The smallest absolute Gasteiger partial charge is 0.322 e. The van der Waals surface area contributed by atoms with E-state index < -0.39 is 0 Å². The third kappa shape index (κ3) is 1.88. The predicted molar refractivity (Wildman–Crippen MR) is 63.1 cm³/mol. The molecule has 16 heavy (non-hydrogen) atoms. The number of hydrogen-bond acceptors (Lipinski definition) is 3. The van der Waals surface area contributed by atoms with Crippen molar-refractivity contribution < 1.29 is 9.53 Å². The predicted octanol–water partition coefficient (Wildman–Crippen LogP) is 2.03. The molecule has 90 valence electrons. The van der Waals surface area contributed by atoms with Gasteiger partial charge in [-0.2, -0.15) is 0 Å². The molecule has 0 aromatic rings. The van der Waals surface area contributed by atoms with E-state index in [-0.39, 0.29) is 12.0 Å². The maximum absolute atomic E-state index is 11.6. The largest absolute Gasteiger partial charge is 0.468 e. The van der Waals surface area contributed by atoms with Crippen LogP contribution in [0.25, 0.3) is 0 Å². The van der Waals surface area contributed by atoms with Crippen molar-refractivity contribution in [2.45, 2.75) is 50.6 Å². The van der Waals surface area contributed by atoms with Gasteiger partial charge in [0.1, 0.15) is 6.04 Å². The number of esters is 1. The van der Waals surface area contributed by atoms with Gasteiger partial charge in [-0.25, -0.2) is 0 Å². The van der Waals surface area contributed by atoms with Crippen molar-refractivity contribution in [2.24, 2.45) is 5.41 Å². The molecule has 0 aromatic carbocycles. The average molecular weight is 223 g/mol. The number of hydrogen-bond donors (Lipinski definition) is 1. The minimum absolute atomic E-state index is 0.104. The van der Waals surface area contributed by atoms with Crippen molar-refractivity contribution >= 4 is 5.97 Å². The van der Waals surface area contributed by atoms with Crippen LogP contribution in [0.1, 0.15) is 38.5 Å². The lowest BCUT2D eigenvalue weighted by Crippen LogP contribution is -2.38. The first kappa shape index (κ1) is 11.6. The Morgan fingerprint density at radius 3 is 2.81 bits per heavy atom. The molecular weight excluding hydrogens is 202 g/mol. The van der Waals surface area contributed by atoms with Gasteiger partial charge in [-0.3, -0.25) is 4.79 Å². The average Bonchev–Trinajstić information content (AvgIpc) is 2.88. The molecule has 1 saturated heterocycles. The molecule has 0 aromatic heterocycles. The van der Waals surface area contributed by atoms with Gasteiger partial charge in [0.15, 0.2) is 0 Å². The second-order valence-corrected chi connectivity index (χ2v) is 5.09. The lowest BCUT2D eigenvalue weighted by molar-refractivity contribution is -0.142. The summed E-state index contributed by atoms with van der Waals surface area (Å²) in [5.74, 6) is -0.113. The summed E-state index contributed by atoms with van der Waals surface area (Å²) in [6.07, 6.45) is 8.92. The highest BCUT2D eigenvalue weighted by Gasteiger charge is 2.49. The van der Waals surface area contributed by atoms with Gasteiger partial charge in [0.25, 0.3) is 0 Å². The Morgan fingerprint density at radius 2 is 2.25 bits per heavy atom. The SMILES string of the molecule is C=CC[C@H]1N[C@H](C(=O)OC)CC12CCCC2. The van der Waals surface area contributed by atoms with Gasteiger partial charge < -0.3 is 10.1 Å². The zero-order valence-corrected chi connectivity index (χ0v) is 10.00. The van der Waals surface area contributed by atoms with Crippen LogP contribution in [0.4, 0.5) is 0 Å². The van der Waals surface area contributed by atoms with Crippen LogP contribution in [0.15, 0.2) is 12.7 Å². The fourth-order valence-corrected chi connectivity index (χ4v) is 3.44. The summed E-state index contributed by atoms with van der Waals surface area (Å²) in [6.45, 7) is 3.81. The van der Waals surface area contributed by atoms with Crippen molar-refractivity contribution in [3.05, 3.63) is 12.7 Å². The molecule has 0 bridgehead atoms. The van der Waals surface area contributed by atoms with Gasteiger partial charge >= 0.3 is 5.97 Å². The second kappa shape index (κ2) is 4.58. The molecule has 2 aliphatic rings. The van der Waals surface area contributed by atoms with Gasteiger partial charge in [-0.15, -0.1) is 6.58 Å². The summed E-state index contributed by atoms with van der Waals surface area (Å²) in [4.78, 5) is 11.6. The molecule has 1 saturated carbocycles. The molecule has 2 rings (SSSR count). The van der Waals surface area contributed by atoms with Gasteiger partial charge in [0.05, 0.1) is 7.11 Å². The lowest BCUT2D eigenvalue weighted by Gasteiger charge is -2.29. The summed E-state index contributed by atoms with van der Waals surface area (Å²) in [5.41, 5.74) is 0.326. The van der Waals surface area contributed by atoms with Crippen molar-refractivity contribution in [3.63, 3.8) is 0 Å². The molecule has 1 N–H and O–H groups in total. The van der Waals surface area contributed by atoms with E-state index in [1.54, 1.807) is 0 Å². The highest BCUT2D eigenvalue weighted by atomic mass is 16.5. The van der Waals surface area contributed by atoms with Crippen LogP contribution in [-0.2, 0) is 9.53 Å². The summed E-state index contributed by atoms with van der Waals surface area (Å²) in [7, 11) is 1.46. The van der Waals surface area contributed by atoms with E-state index >= 15 is 0 Å². The Morgan fingerprint density at radius 1 is 1.56 bits per heavy atom. The zero-order chi connectivity index (χ0) is 11.6. The first-order chi connectivity index (χ1) is 7.72. The number of methoxy groups -OCH3 is 1. The third-order valence-corrected chi connectivity index (χ3v) is 4.24. The van der Waals surface area contributed by atoms with Crippen LogP contribution in [0, 0.1) is 5.41 Å². The minimum Gasteiger partial charge on any atom is -0.468 e. The van der Waals surface area contributed by atoms with E-state index in [1.807, 2.05) is 6.08 Å². The van der Waals surface area contributed by atoms with E-state index in [9.17, 15) is 4.79 Å². The molecule has 3 nitrogen and oxygen atoms in total. The van der Waals surface area contributed by atoms with Crippen LogP contribution in [0.3, 0.4) is 0 Å². The highest BCUT2D eigenvalue weighted by Crippen LogP contribution is 2.49. The van der Waals surface area contributed by atoms with Crippen LogP contribution >= 0.6 is 0 Å². The molecule has 2 atom stereocenters. The Bertz CT molecular complexity index is 282. The quantitative estimate of drug-likeness (QED) is 0.587. The van der Waals surface area contributed by atoms with Gasteiger partial charge in [0.2, 0.25) is 0 Å². The third-order valence-electron chi connectivity index (χ3n) is 4.24. The molecule has 1 spiro atoms. The van der Waals surface area contributed by atoms with Crippen molar-refractivity contribution in [1.82, 2.24) is 5.32 Å². The summed E-state index contributed by atoms with van der Waals surface area (Å²) in [6, 6.07) is 0.310. The molecule has 0 amide bonds. The Labute approximate surface area is 97.2 Å². The topological polar surface area (TPSA) is 38.3 Å². The first-order valence-corrected chi connectivity index (χ1v) is 6.16. The van der Waals surface area contributed by atoms with E-state index in [2.05, 4.69) is 11.9 Å². The summed E-state index contributed by atoms with van der Waals surface area (Å²) >= 11 is 0. The first-order valence-electron chi connectivity index (χ1n) is 6.16. The van der Waals surface area contributed by atoms with E-state index in [4.69, 9.17) is 4.74 Å². The van der Waals surface area contributed by atoms with Gasteiger partial charge in [-0.1, -0.05) is 18.9 Å². The van der Waals surface area contributed by atoms with Gasteiger partial charge in [-0.05, 0) is 31.1 Å². The molecule has 2 fully saturated rings. The maximum atomic E-state index is 11.6. The van der Waals surface area contributed by atoms with Crippen molar-refractivity contribution in [3.8, 4) is 0 Å². The fourth-order valence-electron chi connectivity index (χ4n) is 3.44. The highest BCUT2D eigenvalue weighted by molar-refractivity contribution is 5.76. The van der Waals surface area contributed by atoms with Crippen molar-refractivity contribution in [1.29, 1.82) is 0 Å². The Hall–Kier alpha value is -0.830. The molecule has 1 aliphatic heterocycles. The minimum atomic E-state index is -0.113. The van der Waals surface area contributed by atoms with Crippen LogP contribution in [-0.4, -0.2) is 25.2 Å². The summed E-state index contributed by atoms with van der Waals surface area (Å²) in [5, 5.41) is 3.43. The van der Waals surface area contributed by atoms with E-state index in [0.29, 0.717) is 11.5 Å². The van der Waals surface area contributed by atoms with Gasteiger partial charge in [0, 0.05) is 6.04 Å². The number of carbonyl (C=O) groups is 1. The van der Waals surface area contributed by atoms with Crippen molar-refractivity contribution in [2.75, 3.05) is 7.11 Å². The second-order valence-electron chi connectivity index (χ2n) is 5.09. The lowest BCUT2D eigenvalue weighted by atomic mass is 9.77. The molecule has 3 heteroatoms. The van der Waals surface area contributed by atoms with Crippen LogP contribution < -0.4 is 5.32 Å². The number of ether oxygens (including phenoxy) is 1. The Balaban J connectivity index is 2.11. The zero-order valence-electron chi connectivity index (χ0n) is 10.00. The fraction of sp³-hybridized carbons (Fsp3) is 0.769.